The van der Waals surface area contributed by atoms with Crippen molar-refractivity contribution in [3.8, 4) is 0 Å². The van der Waals surface area contributed by atoms with Gasteiger partial charge in [0.2, 0.25) is 0 Å². The molecule has 1 aromatic heterocycles. The smallest absolute Gasteiger partial charge is 0.129 e. The Morgan fingerprint density at radius 2 is 1.90 bits per heavy atom. The van der Waals surface area contributed by atoms with E-state index < -0.39 is 0 Å². The molecule has 0 spiro atoms. The molecule has 1 fully saturated rings. The van der Waals surface area contributed by atoms with E-state index in [-0.39, 0.29) is 0 Å². The molecule has 2 aromatic rings. The summed E-state index contributed by atoms with van der Waals surface area (Å²) in [6.45, 7) is 3.03. The zero-order chi connectivity index (χ0) is 13.9. The summed E-state index contributed by atoms with van der Waals surface area (Å²) in [7, 11) is 2.17. The van der Waals surface area contributed by atoms with Gasteiger partial charge in [-0.3, -0.25) is 0 Å². The summed E-state index contributed by atoms with van der Waals surface area (Å²) in [4.78, 5) is 9.21. The molecule has 0 bridgehead atoms. The van der Waals surface area contributed by atoms with Crippen LogP contribution in [0.1, 0.15) is 11.6 Å². The third kappa shape index (κ3) is 2.79. The Hall–Kier alpha value is -1.58. The lowest BCUT2D eigenvalue weighted by molar-refractivity contribution is 0.268. The zero-order valence-electron chi connectivity index (χ0n) is 11.5. The molecule has 0 N–H and O–H groups in total. The van der Waals surface area contributed by atoms with E-state index in [0.29, 0.717) is 11.1 Å². The predicted molar refractivity (Wildman–Crippen MR) is 83.3 cm³/mol. The van der Waals surface area contributed by atoms with E-state index >= 15 is 0 Å². The van der Waals surface area contributed by atoms with Gasteiger partial charge in [-0.05, 0) is 24.7 Å². The Bertz CT molecular complexity index is 556. The number of pyridine rings is 1. The Kier molecular flexibility index (Phi) is 3.90. The summed E-state index contributed by atoms with van der Waals surface area (Å²) in [6, 6.07) is 14.9. The number of aromatic nitrogens is 1. The lowest BCUT2D eigenvalue weighted by Crippen LogP contribution is -2.47. The molecule has 0 aliphatic carbocycles. The molecule has 1 atom stereocenters. The molecule has 0 amide bonds. The van der Waals surface area contributed by atoms with E-state index in [9.17, 15) is 0 Å². The van der Waals surface area contributed by atoms with Gasteiger partial charge in [0.1, 0.15) is 5.82 Å². The van der Waals surface area contributed by atoms with Crippen LogP contribution in [0.5, 0.6) is 0 Å². The summed E-state index contributed by atoms with van der Waals surface area (Å²) >= 11 is 5.94. The average Bonchev–Trinajstić information content (AvgIpc) is 2.49. The molecule has 3 nitrogen and oxygen atoms in total. The van der Waals surface area contributed by atoms with E-state index in [1.165, 1.54) is 5.56 Å². The second-order valence-electron chi connectivity index (χ2n) is 5.22. The number of rotatable bonds is 2. The standard InChI is InChI=1S/C16H18ClN3/c1-19-9-10-20(16-8-7-14(17)11-18-16)15(12-19)13-5-3-2-4-6-13/h2-8,11,15H,9-10,12H2,1H3. The maximum absolute atomic E-state index is 5.94. The highest BCUT2D eigenvalue weighted by atomic mass is 35.5. The Labute approximate surface area is 124 Å². The molecular weight excluding hydrogens is 270 g/mol. The summed E-state index contributed by atoms with van der Waals surface area (Å²) in [5.74, 6) is 0.997. The van der Waals surface area contributed by atoms with Gasteiger partial charge in [0.15, 0.2) is 0 Å². The van der Waals surface area contributed by atoms with Crippen LogP contribution >= 0.6 is 11.6 Å². The van der Waals surface area contributed by atoms with Crippen molar-refractivity contribution in [1.29, 1.82) is 0 Å². The third-order valence-electron chi connectivity index (χ3n) is 3.77. The molecule has 20 heavy (non-hydrogen) atoms. The van der Waals surface area contributed by atoms with Gasteiger partial charge in [-0.1, -0.05) is 41.9 Å². The topological polar surface area (TPSA) is 19.4 Å². The van der Waals surface area contributed by atoms with Gasteiger partial charge in [-0.15, -0.1) is 0 Å². The van der Waals surface area contributed by atoms with Gasteiger partial charge in [0, 0.05) is 25.8 Å². The first-order chi connectivity index (χ1) is 9.74. The number of halogens is 1. The van der Waals surface area contributed by atoms with Crippen LogP contribution in [0.25, 0.3) is 0 Å². The van der Waals surface area contributed by atoms with Crippen molar-refractivity contribution in [2.75, 3.05) is 31.6 Å². The van der Waals surface area contributed by atoms with Crippen molar-refractivity contribution >= 4 is 17.4 Å². The number of benzene rings is 1. The minimum Gasteiger partial charge on any atom is -0.347 e. The van der Waals surface area contributed by atoms with Crippen LogP contribution in [0.4, 0.5) is 5.82 Å². The lowest BCUT2D eigenvalue weighted by Gasteiger charge is -2.41. The van der Waals surface area contributed by atoms with Gasteiger partial charge in [-0.25, -0.2) is 4.98 Å². The monoisotopic (exact) mass is 287 g/mol. The predicted octanol–water partition coefficient (Wildman–Crippen LogP) is 3.23. The van der Waals surface area contributed by atoms with E-state index in [1.54, 1.807) is 6.20 Å². The normalized spacial score (nSPS) is 20.1. The van der Waals surface area contributed by atoms with Gasteiger partial charge < -0.3 is 9.80 Å². The van der Waals surface area contributed by atoms with E-state index in [1.807, 2.05) is 12.1 Å². The molecule has 1 aromatic carbocycles. The van der Waals surface area contributed by atoms with Crippen molar-refractivity contribution < 1.29 is 0 Å². The van der Waals surface area contributed by atoms with Crippen LogP contribution in [0.3, 0.4) is 0 Å². The van der Waals surface area contributed by atoms with Crippen LogP contribution in [-0.4, -0.2) is 36.6 Å². The first kappa shape index (κ1) is 13.4. The summed E-state index contributed by atoms with van der Waals surface area (Å²) < 4.78 is 0. The summed E-state index contributed by atoms with van der Waals surface area (Å²) in [5.41, 5.74) is 1.33. The van der Waals surface area contributed by atoms with Crippen molar-refractivity contribution in [1.82, 2.24) is 9.88 Å². The molecule has 2 heterocycles. The number of piperazine rings is 1. The highest BCUT2D eigenvalue weighted by Gasteiger charge is 2.27. The number of anilines is 1. The minimum absolute atomic E-state index is 0.337. The highest BCUT2D eigenvalue weighted by Crippen LogP contribution is 2.29. The zero-order valence-corrected chi connectivity index (χ0v) is 12.3. The van der Waals surface area contributed by atoms with Gasteiger partial charge in [0.05, 0.1) is 11.1 Å². The molecule has 1 aliphatic heterocycles. The molecule has 4 heteroatoms. The Morgan fingerprint density at radius 3 is 2.60 bits per heavy atom. The van der Waals surface area contributed by atoms with Crippen LogP contribution < -0.4 is 4.90 Å². The second kappa shape index (κ2) is 5.81. The molecule has 0 saturated carbocycles. The maximum atomic E-state index is 5.94. The Balaban J connectivity index is 1.92. The van der Waals surface area contributed by atoms with Gasteiger partial charge in [-0.2, -0.15) is 0 Å². The Morgan fingerprint density at radius 1 is 1.10 bits per heavy atom. The van der Waals surface area contributed by atoms with Crippen LogP contribution in [-0.2, 0) is 0 Å². The largest absolute Gasteiger partial charge is 0.347 e. The second-order valence-corrected chi connectivity index (χ2v) is 5.65. The summed E-state index contributed by atoms with van der Waals surface area (Å²) in [5, 5.41) is 0.680. The van der Waals surface area contributed by atoms with Crippen LogP contribution in [0, 0.1) is 0 Å². The van der Waals surface area contributed by atoms with Crippen molar-refractivity contribution in [2.45, 2.75) is 6.04 Å². The quantitative estimate of drug-likeness (QED) is 0.845. The number of hydrogen-bond donors (Lipinski definition) is 0. The van der Waals surface area contributed by atoms with Gasteiger partial charge >= 0.3 is 0 Å². The summed E-state index contributed by atoms with van der Waals surface area (Å²) in [6.07, 6.45) is 1.72. The third-order valence-corrected chi connectivity index (χ3v) is 4.00. The fraction of sp³-hybridized carbons (Fsp3) is 0.312. The molecule has 1 unspecified atom stereocenters. The lowest BCUT2D eigenvalue weighted by atomic mass is 10.0. The van der Waals surface area contributed by atoms with Crippen LogP contribution in [0.2, 0.25) is 5.02 Å². The molecule has 1 saturated heterocycles. The fourth-order valence-corrected chi connectivity index (χ4v) is 2.80. The SMILES string of the molecule is CN1CCN(c2ccc(Cl)cn2)C(c2ccccc2)C1. The van der Waals surface area contributed by atoms with Gasteiger partial charge in [0.25, 0.3) is 0 Å². The fourth-order valence-electron chi connectivity index (χ4n) is 2.69. The number of hydrogen-bond acceptors (Lipinski definition) is 3. The highest BCUT2D eigenvalue weighted by molar-refractivity contribution is 6.30. The number of likely N-dealkylation sites (N-methyl/N-ethyl adjacent to an activating group) is 1. The molecular formula is C16H18ClN3. The van der Waals surface area contributed by atoms with E-state index in [2.05, 4.69) is 52.2 Å². The van der Waals surface area contributed by atoms with Crippen LogP contribution in [0.15, 0.2) is 48.7 Å². The molecule has 104 valence electrons. The van der Waals surface area contributed by atoms with E-state index in [4.69, 9.17) is 11.6 Å². The van der Waals surface area contributed by atoms with Crippen molar-refractivity contribution in [3.63, 3.8) is 0 Å². The number of nitrogens with zero attached hydrogens (tertiary/aromatic N) is 3. The molecule has 3 rings (SSSR count). The van der Waals surface area contributed by atoms with Crippen molar-refractivity contribution in [2.24, 2.45) is 0 Å². The first-order valence-electron chi connectivity index (χ1n) is 6.86. The molecule has 0 radical (unpaired) electrons. The molecule has 1 aliphatic rings. The minimum atomic E-state index is 0.337. The maximum Gasteiger partial charge on any atom is 0.129 e. The van der Waals surface area contributed by atoms with E-state index in [0.717, 1.165) is 25.5 Å². The van der Waals surface area contributed by atoms with Crippen molar-refractivity contribution in [3.05, 3.63) is 59.2 Å². The first-order valence-corrected chi connectivity index (χ1v) is 7.23. The average molecular weight is 288 g/mol.